The highest BCUT2D eigenvalue weighted by Gasteiger charge is 2.31. The zero-order valence-electron chi connectivity index (χ0n) is 18.3. The van der Waals surface area contributed by atoms with Crippen LogP contribution in [-0.4, -0.2) is 60.4 Å². The maximum absolute atomic E-state index is 12.8. The van der Waals surface area contributed by atoms with Gasteiger partial charge in [0.2, 0.25) is 11.7 Å². The van der Waals surface area contributed by atoms with Gasteiger partial charge in [0.1, 0.15) is 5.82 Å². The summed E-state index contributed by atoms with van der Waals surface area (Å²) in [4.78, 5) is 12.7. The molecule has 8 nitrogen and oxygen atoms in total. The van der Waals surface area contributed by atoms with Gasteiger partial charge in [0.25, 0.3) is 0 Å². The molecule has 0 radical (unpaired) electrons. The van der Waals surface area contributed by atoms with Crippen molar-refractivity contribution in [1.29, 1.82) is 0 Å². The first kappa shape index (κ1) is 22.8. The Kier molecular flexibility index (Phi) is 6.68. The van der Waals surface area contributed by atoms with Crippen molar-refractivity contribution in [2.75, 3.05) is 45.3 Å². The zero-order valence-corrected chi connectivity index (χ0v) is 18.3. The van der Waals surface area contributed by atoms with Crippen molar-refractivity contribution >= 4 is 5.82 Å². The van der Waals surface area contributed by atoms with E-state index in [0.29, 0.717) is 55.2 Å². The van der Waals surface area contributed by atoms with Gasteiger partial charge < -0.3 is 18.9 Å². The summed E-state index contributed by atoms with van der Waals surface area (Å²) in [5.41, 5.74) is 0.00226. The topological polar surface area (TPSA) is 76.8 Å². The largest absolute Gasteiger partial charge is 0.493 e. The number of benzene rings is 1. The molecule has 1 saturated heterocycles. The van der Waals surface area contributed by atoms with Gasteiger partial charge in [-0.25, -0.2) is 4.98 Å². The molecule has 0 N–H and O–H groups in total. The van der Waals surface area contributed by atoms with Crippen LogP contribution in [0.25, 0.3) is 11.4 Å². The van der Waals surface area contributed by atoms with Crippen molar-refractivity contribution in [2.24, 2.45) is 0 Å². The summed E-state index contributed by atoms with van der Waals surface area (Å²) in [5, 5.41) is 4.08. The van der Waals surface area contributed by atoms with Crippen molar-refractivity contribution in [3.8, 4) is 22.9 Å². The molecule has 0 spiro atoms. The Labute approximate surface area is 188 Å². The first-order chi connectivity index (χ1) is 15.9. The summed E-state index contributed by atoms with van der Waals surface area (Å²) in [6.45, 7) is 3.31. The van der Waals surface area contributed by atoms with Crippen LogP contribution in [0.4, 0.5) is 19.0 Å². The minimum absolute atomic E-state index is 0.455. The number of ether oxygens (including phenoxy) is 2. The van der Waals surface area contributed by atoms with E-state index < -0.39 is 11.7 Å². The molecular weight excluding hydrogens is 439 g/mol. The molecule has 0 amide bonds. The summed E-state index contributed by atoms with van der Waals surface area (Å²) < 4.78 is 54.3. The Hall–Kier alpha value is -3.34. The Morgan fingerprint density at radius 3 is 2.52 bits per heavy atom. The number of hydrogen-bond acceptors (Lipinski definition) is 8. The van der Waals surface area contributed by atoms with Crippen LogP contribution in [0, 0.1) is 0 Å². The molecule has 1 fully saturated rings. The zero-order chi connectivity index (χ0) is 23.4. The number of anilines is 1. The molecule has 33 heavy (non-hydrogen) atoms. The molecule has 11 heteroatoms. The Morgan fingerprint density at radius 1 is 1.00 bits per heavy atom. The highest BCUT2D eigenvalue weighted by atomic mass is 19.4. The van der Waals surface area contributed by atoms with Crippen LogP contribution in [0.1, 0.15) is 17.9 Å². The minimum atomic E-state index is -4.39. The lowest BCUT2D eigenvalue weighted by atomic mass is 10.2. The highest BCUT2D eigenvalue weighted by molar-refractivity contribution is 5.60. The number of nitrogens with zero attached hydrogens (tertiary/aromatic N) is 5. The lowest BCUT2D eigenvalue weighted by Gasteiger charge is -2.22. The lowest BCUT2D eigenvalue weighted by molar-refractivity contribution is -0.137. The third-order valence-corrected chi connectivity index (χ3v) is 5.46. The predicted octanol–water partition coefficient (Wildman–Crippen LogP) is 3.88. The van der Waals surface area contributed by atoms with E-state index >= 15 is 0 Å². The predicted molar refractivity (Wildman–Crippen MR) is 114 cm³/mol. The molecule has 3 heterocycles. The molecule has 176 valence electrons. The van der Waals surface area contributed by atoms with Gasteiger partial charge in [-0.1, -0.05) is 5.16 Å². The monoisotopic (exact) mass is 463 g/mol. The number of hydrogen-bond donors (Lipinski definition) is 0. The maximum Gasteiger partial charge on any atom is 0.417 e. The van der Waals surface area contributed by atoms with Crippen LogP contribution in [0.15, 0.2) is 41.1 Å². The van der Waals surface area contributed by atoms with Crippen molar-refractivity contribution < 1.29 is 27.2 Å². The summed E-state index contributed by atoms with van der Waals surface area (Å²) in [7, 11) is 3.13. The normalized spacial score (nSPS) is 15.4. The fourth-order valence-electron chi connectivity index (χ4n) is 3.70. The molecule has 1 aliphatic heterocycles. The summed E-state index contributed by atoms with van der Waals surface area (Å²) in [6.07, 6.45) is -2.67. The van der Waals surface area contributed by atoms with E-state index in [4.69, 9.17) is 14.0 Å². The van der Waals surface area contributed by atoms with Gasteiger partial charge in [0.05, 0.1) is 26.3 Å². The third kappa shape index (κ3) is 5.36. The standard InChI is InChI=1S/C22H24F3N5O3/c1-31-17-6-4-15(12-18(17)32-2)21-27-20(33-28-21)14-29-8-3-9-30(11-10-29)19-7-5-16(13-26-19)22(23,24)25/h4-7,12-13H,3,8-11,14H2,1-2H3. The summed E-state index contributed by atoms with van der Waals surface area (Å²) >= 11 is 0. The second-order valence-electron chi connectivity index (χ2n) is 7.60. The summed E-state index contributed by atoms with van der Waals surface area (Å²) in [5.74, 6) is 2.67. The van der Waals surface area contributed by atoms with E-state index in [9.17, 15) is 13.2 Å². The number of methoxy groups -OCH3 is 2. The number of aromatic nitrogens is 3. The van der Waals surface area contributed by atoms with Crippen molar-refractivity contribution in [2.45, 2.75) is 19.1 Å². The maximum atomic E-state index is 12.8. The number of rotatable bonds is 6. The van der Waals surface area contributed by atoms with Gasteiger partial charge in [-0.2, -0.15) is 18.2 Å². The smallest absolute Gasteiger partial charge is 0.417 e. The molecule has 0 unspecified atom stereocenters. The number of alkyl halides is 3. The van der Waals surface area contributed by atoms with Crippen molar-refractivity contribution in [3.63, 3.8) is 0 Å². The first-order valence-electron chi connectivity index (χ1n) is 10.4. The fourth-order valence-corrected chi connectivity index (χ4v) is 3.70. The van der Waals surface area contributed by atoms with Gasteiger partial charge in [-0.3, -0.25) is 4.90 Å². The molecule has 1 aromatic carbocycles. The Bertz CT molecular complexity index is 1070. The quantitative estimate of drug-likeness (QED) is 0.545. The van der Waals surface area contributed by atoms with Crippen LogP contribution in [0.2, 0.25) is 0 Å². The molecule has 0 bridgehead atoms. The average molecular weight is 463 g/mol. The van der Waals surface area contributed by atoms with Crippen LogP contribution in [-0.2, 0) is 12.7 Å². The van der Waals surface area contributed by atoms with Gasteiger partial charge in [-0.05, 0) is 36.8 Å². The summed E-state index contributed by atoms with van der Waals surface area (Å²) in [6, 6.07) is 7.89. The molecule has 0 saturated carbocycles. The van der Waals surface area contributed by atoms with Gasteiger partial charge in [0, 0.05) is 37.9 Å². The Morgan fingerprint density at radius 2 is 1.82 bits per heavy atom. The Balaban J connectivity index is 1.38. The second kappa shape index (κ2) is 9.65. The van der Waals surface area contributed by atoms with Gasteiger partial charge in [0.15, 0.2) is 11.5 Å². The highest BCUT2D eigenvalue weighted by Crippen LogP contribution is 2.31. The molecular formula is C22H24F3N5O3. The van der Waals surface area contributed by atoms with E-state index in [1.807, 2.05) is 11.0 Å². The van der Waals surface area contributed by atoms with Gasteiger partial charge in [-0.15, -0.1) is 0 Å². The van der Waals surface area contributed by atoms with Crippen molar-refractivity contribution in [1.82, 2.24) is 20.0 Å². The van der Waals surface area contributed by atoms with Crippen LogP contribution < -0.4 is 14.4 Å². The SMILES string of the molecule is COc1ccc(-c2noc(CN3CCCN(c4ccc(C(F)(F)F)cn4)CC3)n2)cc1OC. The minimum Gasteiger partial charge on any atom is -0.493 e. The molecule has 0 atom stereocenters. The van der Waals surface area contributed by atoms with E-state index in [1.165, 1.54) is 6.07 Å². The molecule has 4 rings (SSSR count). The third-order valence-electron chi connectivity index (χ3n) is 5.46. The van der Waals surface area contributed by atoms with E-state index in [-0.39, 0.29) is 0 Å². The van der Waals surface area contributed by atoms with Gasteiger partial charge >= 0.3 is 6.18 Å². The number of pyridine rings is 1. The number of halogens is 3. The van der Waals surface area contributed by atoms with Crippen LogP contribution >= 0.6 is 0 Å². The fraction of sp³-hybridized carbons (Fsp3) is 0.409. The first-order valence-corrected chi connectivity index (χ1v) is 10.4. The van der Waals surface area contributed by atoms with E-state index in [1.54, 1.807) is 26.4 Å². The van der Waals surface area contributed by atoms with Crippen LogP contribution in [0.5, 0.6) is 11.5 Å². The molecule has 2 aromatic heterocycles. The average Bonchev–Trinajstić information content (AvgIpc) is 3.15. The second-order valence-corrected chi connectivity index (χ2v) is 7.60. The van der Waals surface area contributed by atoms with E-state index in [0.717, 1.165) is 30.8 Å². The van der Waals surface area contributed by atoms with Crippen LogP contribution in [0.3, 0.4) is 0 Å². The van der Waals surface area contributed by atoms with E-state index in [2.05, 4.69) is 20.0 Å². The van der Waals surface area contributed by atoms with Crippen molar-refractivity contribution in [3.05, 3.63) is 48.0 Å². The lowest BCUT2D eigenvalue weighted by Crippen LogP contribution is -2.31. The molecule has 1 aliphatic rings. The molecule has 3 aromatic rings. The molecule has 0 aliphatic carbocycles.